The molecule has 0 aliphatic carbocycles. The Labute approximate surface area is 113 Å². The summed E-state index contributed by atoms with van der Waals surface area (Å²) in [6, 6.07) is 6.16. The van der Waals surface area contributed by atoms with Crippen molar-refractivity contribution in [2.24, 2.45) is 5.73 Å². The van der Waals surface area contributed by atoms with Crippen molar-refractivity contribution >= 4 is 28.9 Å². The fourth-order valence-electron chi connectivity index (χ4n) is 1.71. The Morgan fingerprint density at radius 2 is 2.05 bits per heavy atom. The summed E-state index contributed by atoms with van der Waals surface area (Å²) in [6.45, 7) is 0. The van der Waals surface area contributed by atoms with Crippen LogP contribution in [0.2, 0.25) is 0 Å². The van der Waals surface area contributed by atoms with E-state index in [9.17, 15) is 14.4 Å². The summed E-state index contributed by atoms with van der Waals surface area (Å²) in [4.78, 5) is 32.9. The maximum absolute atomic E-state index is 11.4. The Bertz CT molecular complexity index is 773. The molecule has 0 unspecified atom stereocenters. The molecule has 2 aromatic rings. The Hall–Kier alpha value is -2.89. The summed E-state index contributed by atoms with van der Waals surface area (Å²) in [5.41, 5.74) is 4.74. The molecule has 1 amide bonds. The summed E-state index contributed by atoms with van der Waals surface area (Å²) in [5, 5.41) is 9.36. The third kappa shape index (κ3) is 2.92. The van der Waals surface area contributed by atoms with E-state index in [2.05, 4.69) is 0 Å². The number of amides is 1. The molecular weight excluding hydrogens is 262 g/mol. The van der Waals surface area contributed by atoms with Gasteiger partial charge in [-0.25, -0.2) is 9.59 Å². The molecule has 0 aliphatic heterocycles. The second-order valence-electron chi connectivity index (χ2n) is 4.12. The van der Waals surface area contributed by atoms with Gasteiger partial charge in [0.2, 0.25) is 5.91 Å². The average Bonchev–Trinajstić information content (AvgIpc) is 2.37. The number of primary amides is 1. The number of carboxylic acid groups (broad SMARTS) is 1. The number of hydrogen-bond acceptors (Lipinski definition) is 4. The lowest BCUT2D eigenvalue weighted by Gasteiger charge is -2.00. The van der Waals surface area contributed by atoms with Gasteiger partial charge in [-0.2, -0.15) is 0 Å². The van der Waals surface area contributed by atoms with Gasteiger partial charge in [-0.1, -0.05) is 18.2 Å². The van der Waals surface area contributed by atoms with Gasteiger partial charge in [0.1, 0.15) is 11.1 Å². The number of aromatic carboxylic acids is 1. The smallest absolute Gasteiger partial charge is 0.351 e. The molecule has 102 valence electrons. The maximum atomic E-state index is 11.4. The number of benzene rings is 1. The minimum atomic E-state index is -1.34. The summed E-state index contributed by atoms with van der Waals surface area (Å²) in [6.07, 6.45) is 3.39. The van der Waals surface area contributed by atoms with Crippen LogP contribution in [0.15, 0.2) is 39.6 Å². The number of fused-ring (bicyclic) bond motifs is 1. The van der Waals surface area contributed by atoms with Gasteiger partial charge in [0, 0.05) is 11.8 Å². The SMILES string of the molecule is NC(=O)CC=Cc1ccc2oc(=O)c(C(=O)O)cc2c1. The van der Waals surface area contributed by atoms with Crippen LogP contribution in [0.5, 0.6) is 0 Å². The molecule has 0 saturated heterocycles. The van der Waals surface area contributed by atoms with E-state index >= 15 is 0 Å². The van der Waals surface area contributed by atoms with E-state index in [1.54, 1.807) is 30.4 Å². The fraction of sp³-hybridized carbons (Fsp3) is 0.0714. The summed E-state index contributed by atoms with van der Waals surface area (Å²) in [7, 11) is 0. The van der Waals surface area contributed by atoms with Crippen LogP contribution in [0, 0.1) is 0 Å². The second kappa shape index (κ2) is 5.40. The third-order valence-corrected chi connectivity index (χ3v) is 2.62. The van der Waals surface area contributed by atoms with Crippen LogP contribution in [0.4, 0.5) is 0 Å². The van der Waals surface area contributed by atoms with Crippen LogP contribution in [-0.4, -0.2) is 17.0 Å². The van der Waals surface area contributed by atoms with E-state index in [1.807, 2.05) is 0 Å². The zero-order chi connectivity index (χ0) is 14.7. The van der Waals surface area contributed by atoms with Crippen LogP contribution in [0.3, 0.4) is 0 Å². The highest BCUT2D eigenvalue weighted by Crippen LogP contribution is 2.17. The molecule has 0 saturated carbocycles. The number of hydrogen-bond donors (Lipinski definition) is 2. The van der Waals surface area contributed by atoms with Gasteiger partial charge in [0.25, 0.3) is 0 Å². The lowest BCUT2D eigenvalue weighted by atomic mass is 10.1. The zero-order valence-corrected chi connectivity index (χ0v) is 10.3. The van der Waals surface area contributed by atoms with Gasteiger partial charge in [0.05, 0.1) is 0 Å². The molecule has 0 radical (unpaired) electrons. The van der Waals surface area contributed by atoms with E-state index in [-0.39, 0.29) is 6.42 Å². The van der Waals surface area contributed by atoms with Crippen molar-refractivity contribution in [1.82, 2.24) is 0 Å². The van der Waals surface area contributed by atoms with Crippen molar-refractivity contribution in [3.05, 3.63) is 51.9 Å². The van der Waals surface area contributed by atoms with Gasteiger partial charge in [-0.15, -0.1) is 0 Å². The van der Waals surface area contributed by atoms with Gasteiger partial charge in [-0.3, -0.25) is 4.79 Å². The molecule has 0 spiro atoms. The minimum Gasteiger partial charge on any atom is -0.477 e. The van der Waals surface area contributed by atoms with Gasteiger partial charge in [0.15, 0.2) is 0 Å². The highest BCUT2D eigenvalue weighted by Gasteiger charge is 2.11. The van der Waals surface area contributed by atoms with Crippen molar-refractivity contribution in [2.45, 2.75) is 6.42 Å². The highest BCUT2D eigenvalue weighted by molar-refractivity contribution is 5.92. The molecule has 1 heterocycles. The van der Waals surface area contributed by atoms with Crippen LogP contribution in [0.25, 0.3) is 17.0 Å². The second-order valence-corrected chi connectivity index (χ2v) is 4.12. The molecule has 6 heteroatoms. The first-order valence-corrected chi connectivity index (χ1v) is 5.73. The number of carbonyl (C=O) groups is 2. The summed E-state index contributed by atoms with van der Waals surface area (Å²) < 4.78 is 4.92. The molecule has 0 atom stereocenters. The first-order chi connectivity index (χ1) is 9.47. The van der Waals surface area contributed by atoms with Crippen LogP contribution < -0.4 is 11.4 Å². The van der Waals surface area contributed by atoms with Crippen molar-refractivity contribution < 1.29 is 19.1 Å². The predicted molar refractivity (Wildman–Crippen MR) is 72.3 cm³/mol. The molecule has 2 rings (SSSR count). The Balaban J connectivity index is 2.45. The van der Waals surface area contributed by atoms with Crippen LogP contribution in [-0.2, 0) is 4.79 Å². The first-order valence-electron chi connectivity index (χ1n) is 5.73. The molecule has 1 aromatic heterocycles. The van der Waals surface area contributed by atoms with Gasteiger partial charge < -0.3 is 15.3 Å². The molecule has 3 N–H and O–H groups in total. The fourth-order valence-corrected chi connectivity index (χ4v) is 1.71. The largest absolute Gasteiger partial charge is 0.477 e. The number of carboxylic acids is 1. The standard InChI is InChI=1S/C14H11NO5/c15-12(16)3-1-2-8-4-5-11-9(6-8)7-10(13(17)18)14(19)20-11/h1-2,4-7H,3H2,(H2,15,16)(H,17,18). The quantitative estimate of drug-likeness (QED) is 0.817. The normalized spacial score (nSPS) is 11.0. The summed E-state index contributed by atoms with van der Waals surface area (Å²) in [5.74, 6) is -1.78. The Morgan fingerprint density at radius 1 is 1.30 bits per heavy atom. The predicted octanol–water partition coefficient (Wildman–Crippen LogP) is 1.38. The highest BCUT2D eigenvalue weighted by atomic mass is 16.4. The van der Waals surface area contributed by atoms with E-state index in [4.69, 9.17) is 15.3 Å². The van der Waals surface area contributed by atoms with Crippen molar-refractivity contribution in [3.8, 4) is 0 Å². The minimum absolute atomic E-state index is 0.113. The van der Waals surface area contributed by atoms with E-state index in [1.165, 1.54) is 6.07 Å². The molecule has 20 heavy (non-hydrogen) atoms. The van der Waals surface area contributed by atoms with Crippen LogP contribution in [0.1, 0.15) is 22.3 Å². The molecule has 0 bridgehead atoms. The lowest BCUT2D eigenvalue weighted by molar-refractivity contribution is -0.117. The van der Waals surface area contributed by atoms with Crippen LogP contribution >= 0.6 is 0 Å². The van der Waals surface area contributed by atoms with E-state index in [0.717, 1.165) is 5.56 Å². The van der Waals surface area contributed by atoms with Crippen molar-refractivity contribution in [3.63, 3.8) is 0 Å². The Kier molecular flexibility index (Phi) is 3.65. The molecule has 0 fully saturated rings. The Morgan fingerprint density at radius 3 is 2.70 bits per heavy atom. The first kappa shape index (κ1) is 13.5. The van der Waals surface area contributed by atoms with Gasteiger partial charge >= 0.3 is 11.6 Å². The van der Waals surface area contributed by atoms with Crippen molar-refractivity contribution in [1.29, 1.82) is 0 Å². The molecule has 0 aliphatic rings. The molecular formula is C14H11NO5. The number of rotatable bonds is 4. The lowest BCUT2D eigenvalue weighted by Crippen LogP contribution is -2.12. The monoisotopic (exact) mass is 273 g/mol. The van der Waals surface area contributed by atoms with E-state index < -0.39 is 23.1 Å². The maximum Gasteiger partial charge on any atom is 0.351 e. The topological polar surface area (TPSA) is 111 Å². The third-order valence-electron chi connectivity index (χ3n) is 2.62. The molecule has 6 nitrogen and oxygen atoms in total. The van der Waals surface area contributed by atoms with Gasteiger partial charge in [-0.05, 0) is 23.8 Å². The number of carbonyl (C=O) groups excluding carboxylic acids is 1. The number of nitrogens with two attached hydrogens (primary N) is 1. The van der Waals surface area contributed by atoms with Crippen molar-refractivity contribution in [2.75, 3.05) is 0 Å². The molecule has 1 aromatic carbocycles. The van der Waals surface area contributed by atoms with E-state index in [0.29, 0.717) is 11.0 Å². The average molecular weight is 273 g/mol. The summed E-state index contributed by atoms with van der Waals surface area (Å²) >= 11 is 0. The zero-order valence-electron chi connectivity index (χ0n) is 10.3.